The second kappa shape index (κ2) is 5.65. The van der Waals surface area contributed by atoms with Gasteiger partial charge in [0.15, 0.2) is 9.84 Å². The first-order valence-corrected chi connectivity index (χ1v) is 9.29. The predicted molar refractivity (Wildman–Crippen MR) is 79.8 cm³/mol. The molecule has 0 saturated carbocycles. The maximum absolute atomic E-state index is 12.6. The third-order valence-electron chi connectivity index (χ3n) is 3.28. The van der Waals surface area contributed by atoms with Crippen molar-refractivity contribution in [2.75, 3.05) is 24.3 Å². The average Bonchev–Trinajstić information content (AvgIpc) is 2.37. The van der Waals surface area contributed by atoms with E-state index in [9.17, 15) is 18.3 Å². The molecule has 1 atom stereocenters. The van der Waals surface area contributed by atoms with Gasteiger partial charge in [-0.2, -0.15) is 11.8 Å². The average molecular weight is 315 g/mol. The minimum atomic E-state index is -3.31. The molecule has 110 valence electrons. The zero-order chi connectivity index (χ0) is 14.9. The van der Waals surface area contributed by atoms with Gasteiger partial charge in [0, 0.05) is 29.9 Å². The van der Waals surface area contributed by atoms with E-state index in [1.165, 1.54) is 34.9 Å². The molecule has 1 aliphatic heterocycles. The Morgan fingerprint density at radius 2 is 2.15 bits per heavy atom. The summed E-state index contributed by atoms with van der Waals surface area (Å²) in [7, 11) is -3.31. The lowest BCUT2D eigenvalue weighted by molar-refractivity contribution is 0.0749. The Balaban J connectivity index is 2.35. The van der Waals surface area contributed by atoms with Gasteiger partial charge >= 0.3 is 0 Å². The van der Waals surface area contributed by atoms with Crippen LogP contribution in [0.1, 0.15) is 15.9 Å². The van der Waals surface area contributed by atoms with Gasteiger partial charge in [-0.05, 0) is 30.7 Å². The number of phenolic OH excluding ortho intramolecular Hbond substituents is 1. The summed E-state index contributed by atoms with van der Waals surface area (Å²) in [6.45, 7) is 2.14. The second-order valence-corrected chi connectivity index (χ2v) is 8.21. The number of hydrogen-bond acceptors (Lipinski definition) is 5. The van der Waals surface area contributed by atoms with E-state index in [2.05, 4.69) is 0 Å². The van der Waals surface area contributed by atoms with Crippen LogP contribution in [0.15, 0.2) is 18.2 Å². The highest BCUT2D eigenvalue weighted by Crippen LogP contribution is 2.24. The van der Waals surface area contributed by atoms with Crippen LogP contribution < -0.4 is 0 Å². The van der Waals surface area contributed by atoms with Crippen molar-refractivity contribution in [2.45, 2.75) is 12.3 Å². The number of aryl methyl sites for hydroxylation is 1. The fourth-order valence-electron chi connectivity index (χ4n) is 2.21. The van der Waals surface area contributed by atoms with Crippen LogP contribution in [0.3, 0.4) is 0 Å². The van der Waals surface area contributed by atoms with Crippen molar-refractivity contribution in [2.24, 2.45) is 0 Å². The van der Waals surface area contributed by atoms with Crippen molar-refractivity contribution in [1.29, 1.82) is 0 Å². The van der Waals surface area contributed by atoms with E-state index < -0.39 is 15.2 Å². The maximum Gasteiger partial charge on any atom is 0.255 e. The van der Waals surface area contributed by atoms with Crippen molar-refractivity contribution in [3.8, 4) is 5.75 Å². The smallest absolute Gasteiger partial charge is 0.255 e. The van der Waals surface area contributed by atoms with Crippen LogP contribution in [-0.4, -0.2) is 54.0 Å². The number of benzene rings is 1. The van der Waals surface area contributed by atoms with Gasteiger partial charge in [0.2, 0.25) is 0 Å². The van der Waals surface area contributed by atoms with Crippen molar-refractivity contribution in [3.63, 3.8) is 0 Å². The third-order valence-corrected chi connectivity index (χ3v) is 5.92. The minimum absolute atomic E-state index is 0.0907. The summed E-state index contributed by atoms with van der Waals surface area (Å²) in [5, 5.41) is 8.61. The molecule has 1 aliphatic rings. The van der Waals surface area contributed by atoms with Gasteiger partial charge < -0.3 is 10.0 Å². The van der Waals surface area contributed by atoms with Gasteiger partial charge in [0.1, 0.15) is 11.1 Å². The first kappa shape index (κ1) is 15.2. The van der Waals surface area contributed by atoms with Gasteiger partial charge in [-0.15, -0.1) is 0 Å². The topological polar surface area (TPSA) is 74.7 Å². The third kappa shape index (κ3) is 3.09. The molecule has 1 amide bonds. The number of hydrogen-bond donors (Lipinski definition) is 1. The molecule has 1 fully saturated rings. The number of aromatic hydroxyl groups is 1. The molecule has 0 radical (unpaired) electrons. The largest absolute Gasteiger partial charge is 0.508 e. The molecule has 5 nitrogen and oxygen atoms in total. The number of amides is 1. The number of rotatable bonds is 2. The summed E-state index contributed by atoms with van der Waals surface area (Å²) in [4.78, 5) is 14.0. The molecule has 1 aromatic rings. The number of carbonyl (C=O) groups is 1. The quantitative estimate of drug-likeness (QED) is 0.889. The van der Waals surface area contributed by atoms with E-state index >= 15 is 0 Å². The summed E-state index contributed by atoms with van der Waals surface area (Å²) >= 11 is 1.54. The Kier molecular flexibility index (Phi) is 4.29. The van der Waals surface area contributed by atoms with Crippen molar-refractivity contribution >= 4 is 27.5 Å². The van der Waals surface area contributed by atoms with E-state index in [1.807, 2.05) is 0 Å². The fraction of sp³-hybridized carbons (Fsp3) is 0.462. The lowest BCUT2D eigenvalue weighted by atomic mass is 10.1. The van der Waals surface area contributed by atoms with Crippen molar-refractivity contribution in [3.05, 3.63) is 29.3 Å². The Bertz CT molecular complexity index is 627. The van der Waals surface area contributed by atoms with Crippen molar-refractivity contribution in [1.82, 2.24) is 4.90 Å². The molecule has 1 aromatic carbocycles. The van der Waals surface area contributed by atoms with E-state index in [4.69, 9.17) is 0 Å². The number of thioether (sulfide) groups is 1. The standard InChI is InChI=1S/C13H17NO4S2/c1-9-7-10(15)3-4-11(9)13(16)14-5-6-19-8-12(14)20(2,17)18/h3-4,7,12,15H,5-6,8H2,1-2H3. The molecule has 0 bridgehead atoms. The molecule has 0 spiro atoms. The van der Waals surface area contributed by atoms with Gasteiger partial charge in [-0.25, -0.2) is 8.42 Å². The molecule has 2 rings (SSSR count). The number of carbonyl (C=O) groups excluding carboxylic acids is 1. The zero-order valence-corrected chi connectivity index (χ0v) is 13.0. The van der Waals surface area contributed by atoms with Gasteiger partial charge in [-0.1, -0.05) is 0 Å². The number of nitrogens with zero attached hydrogens (tertiary/aromatic N) is 1. The zero-order valence-electron chi connectivity index (χ0n) is 11.4. The lowest BCUT2D eigenvalue weighted by Gasteiger charge is -2.34. The van der Waals surface area contributed by atoms with Gasteiger partial charge in [0.25, 0.3) is 5.91 Å². The molecule has 20 heavy (non-hydrogen) atoms. The molecule has 1 unspecified atom stereocenters. The van der Waals surface area contributed by atoms with Gasteiger partial charge in [0.05, 0.1) is 0 Å². The number of phenols is 1. The molecule has 1 saturated heterocycles. The molecule has 0 aliphatic carbocycles. The minimum Gasteiger partial charge on any atom is -0.508 e. The van der Waals surface area contributed by atoms with E-state index in [-0.39, 0.29) is 11.7 Å². The van der Waals surface area contributed by atoms with Crippen LogP contribution in [0.2, 0.25) is 0 Å². The van der Waals surface area contributed by atoms with Crippen LogP contribution in [-0.2, 0) is 9.84 Å². The molecule has 1 heterocycles. The SMILES string of the molecule is Cc1cc(O)ccc1C(=O)N1CCSCC1S(C)(=O)=O. The Morgan fingerprint density at radius 3 is 2.75 bits per heavy atom. The van der Waals surface area contributed by atoms with Crippen LogP contribution in [0, 0.1) is 6.92 Å². The van der Waals surface area contributed by atoms with E-state index in [0.29, 0.717) is 23.4 Å². The van der Waals surface area contributed by atoms with Crippen LogP contribution in [0.25, 0.3) is 0 Å². The number of sulfone groups is 1. The second-order valence-electron chi connectivity index (χ2n) is 4.86. The summed E-state index contributed by atoms with van der Waals surface area (Å²) < 4.78 is 23.6. The summed E-state index contributed by atoms with van der Waals surface area (Å²) in [5.41, 5.74) is 1.07. The van der Waals surface area contributed by atoms with Crippen LogP contribution in [0.4, 0.5) is 0 Å². The Labute approximate surface area is 122 Å². The molecular formula is C13H17NO4S2. The Morgan fingerprint density at radius 1 is 1.45 bits per heavy atom. The van der Waals surface area contributed by atoms with Gasteiger partial charge in [-0.3, -0.25) is 4.79 Å². The highest BCUT2D eigenvalue weighted by atomic mass is 32.2. The summed E-state index contributed by atoms with van der Waals surface area (Å²) in [6.07, 6.45) is 1.16. The molecule has 7 heteroatoms. The first-order chi connectivity index (χ1) is 9.30. The molecular weight excluding hydrogens is 298 g/mol. The highest BCUT2D eigenvalue weighted by molar-refractivity contribution is 8.00. The predicted octanol–water partition coefficient (Wildman–Crippen LogP) is 1.26. The lowest BCUT2D eigenvalue weighted by Crippen LogP contribution is -2.50. The van der Waals surface area contributed by atoms with E-state index in [0.717, 1.165) is 12.0 Å². The normalized spacial score (nSPS) is 19.9. The maximum atomic E-state index is 12.6. The summed E-state index contributed by atoms with van der Waals surface area (Å²) in [5.74, 6) is 0.933. The fourth-order valence-corrected chi connectivity index (χ4v) is 5.03. The first-order valence-electron chi connectivity index (χ1n) is 6.18. The van der Waals surface area contributed by atoms with Crippen LogP contribution >= 0.6 is 11.8 Å². The monoisotopic (exact) mass is 315 g/mol. The molecule has 0 aromatic heterocycles. The van der Waals surface area contributed by atoms with Crippen molar-refractivity contribution < 1.29 is 18.3 Å². The van der Waals surface area contributed by atoms with Crippen LogP contribution in [0.5, 0.6) is 5.75 Å². The molecule has 1 N–H and O–H groups in total. The van der Waals surface area contributed by atoms with E-state index in [1.54, 1.807) is 6.92 Å². The Hall–Kier alpha value is -1.21. The highest BCUT2D eigenvalue weighted by Gasteiger charge is 2.34. The summed E-state index contributed by atoms with van der Waals surface area (Å²) in [6, 6.07) is 4.48.